The summed E-state index contributed by atoms with van der Waals surface area (Å²) in [6.45, 7) is 3.34. The summed E-state index contributed by atoms with van der Waals surface area (Å²) >= 11 is 0. The monoisotopic (exact) mass is 456 g/mol. The van der Waals surface area contributed by atoms with Gasteiger partial charge in [0.05, 0.1) is 0 Å². The van der Waals surface area contributed by atoms with E-state index in [0.29, 0.717) is 0 Å². The van der Waals surface area contributed by atoms with Gasteiger partial charge in [-0.15, -0.1) is 0 Å². The van der Waals surface area contributed by atoms with Crippen LogP contribution in [0.15, 0.2) is 0 Å². The Hall–Kier alpha value is -1.27. The molecule has 0 aromatic carbocycles. The molecule has 0 aliphatic heterocycles. The van der Waals surface area contributed by atoms with Crippen LogP contribution in [-0.2, 0) is 45.1 Å². The molecule has 3 N–H and O–H groups in total. The molecule has 0 saturated heterocycles. The predicted molar refractivity (Wildman–Crippen MR) is 57.4 cm³/mol. The van der Waals surface area contributed by atoms with E-state index in [2.05, 4.69) is 4.89 Å². The third-order valence-electron chi connectivity index (χ3n) is 2.12. The number of rotatable bonds is 7. The maximum absolute atomic E-state index is 11.3. The van der Waals surface area contributed by atoms with Gasteiger partial charge in [0.25, 0.3) is 0 Å². The first-order valence-electron chi connectivity index (χ1n) is 5.19. The molecule has 0 radical (unpaired) electrons. The van der Waals surface area contributed by atoms with Crippen molar-refractivity contribution in [3.05, 3.63) is 0 Å². The van der Waals surface area contributed by atoms with Crippen LogP contribution in [0, 0.1) is 5.92 Å². The molecule has 1 unspecified atom stereocenters. The average molecular weight is 456 g/mol. The van der Waals surface area contributed by atoms with Crippen LogP contribution in [-0.4, -0.2) is 40.0 Å². The maximum atomic E-state index is 11.3. The van der Waals surface area contributed by atoms with E-state index in [9.17, 15) is 19.2 Å². The molecule has 0 aromatic heterocycles. The van der Waals surface area contributed by atoms with E-state index >= 15 is 0 Å². The second-order valence-corrected chi connectivity index (χ2v) is 3.87. The van der Waals surface area contributed by atoms with Crippen LogP contribution in [0.5, 0.6) is 0 Å². The molecule has 0 rings (SSSR count). The van der Waals surface area contributed by atoms with Crippen LogP contribution in [0.1, 0.15) is 26.7 Å². The van der Waals surface area contributed by atoms with Gasteiger partial charge in [0.1, 0.15) is 5.78 Å². The first-order chi connectivity index (χ1) is 8.29. The topological polar surface area (TPSA) is 130 Å². The Morgan fingerprint density at radius 1 is 1.16 bits per heavy atom. The summed E-state index contributed by atoms with van der Waals surface area (Å²) in [6.07, 6.45) is -0.288. The van der Waals surface area contributed by atoms with Crippen LogP contribution in [0.3, 0.4) is 0 Å². The molecule has 0 aliphatic carbocycles. The maximum Gasteiger partial charge on any atom is 0.375 e. The predicted octanol–water partition coefficient (Wildman–Crippen LogP) is -0.425. The summed E-state index contributed by atoms with van der Waals surface area (Å²) in [7, 11) is 0. The Morgan fingerprint density at radius 3 is 2.05 bits per heavy atom. The number of aliphatic carboxylic acids is 1. The third-order valence-corrected chi connectivity index (χ3v) is 2.12. The van der Waals surface area contributed by atoms with E-state index < -0.39 is 23.9 Å². The van der Waals surface area contributed by atoms with Crippen molar-refractivity contribution in [1.82, 2.24) is 5.32 Å². The number of carboxylic acid groups (broad SMARTS) is 1. The number of Topliss-reactive ketones (excluding diaryl/α,β-unsaturated/α-hetero) is 1. The number of hydrogen-bond donors (Lipinski definition) is 3. The molecule has 112 valence electrons. The Bertz CT molecular complexity index is 356. The van der Waals surface area contributed by atoms with Gasteiger partial charge in [0.15, 0.2) is 0 Å². The van der Waals surface area contributed by atoms with Gasteiger partial charge in [-0.1, -0.05) is 13.8 Å². The summed E-state index contributed by atoms with van der Waals surface area (Å²) in [5, 5.41) is 18.5. The number of ketones is 1. The summed E-state index contributed by atoms with van der Waals surface area (Å²) in [6, 6.07) is -1.99. The third kappa shape index (κ3) is 7.69. The van der Waals surface area contributed by atoms with Crippen LogP contribution < -0.4 is 5.32 Å². The van der Waals surface area contributed by atoms with Gasteiger partial charge in [-0.05, 0) is 0 Å². The van der Waals surface area contributed by atoms with Crippen LogP contribution >= 0.6 is 0 Å². The minimum atomic E-state index is -1.99. The van der Waals surface area contributed by atoms with E-state index in [0.717, 1.165) is 0 Å². The second-order valence-electron chi connectivity index (χ2n) is 3.87. The molecule has 1 amide bonds. The largest absolute Gasteiger partial charge is 0.479 e. The van der Waals surface area contributed by atoms with Crippen molar-refractivity contribution in [3.8, 4) is 0 Å². The van der Waals surface area contributed by atoms with Gasteiger partial charge in [0, 0.05) is 39.8 Å². The van der Waals surface area contributed by atoms with Gasteiger partial charge >= 0.3 is 11.9 Å². The van der Waals surface area contributed by atoms with Crippen molar-refractivity contribution >= 4 is 23.6 Å². The van der Waals surface area contributed by atoms with Crippen LogP contribution in [0.2, 0.25) is 0 Å². The van der Waals surface area contributed by atoms with Gasteiger partial charge in [-0.2, -0.15) is 5.26 Å². The summed E-state index contributed by atoms with van der Waals surface area (Å²) in [5.41, 5.74) is 0. The molecular formula is C10H15NO7Pt. The Balaban J connectivity index is 0. The minimum absolute atomic E-state index is 0. The molecule has 19 heavy (non-hydrogen) atoms. The Morgan fingerprint density at radius 2 is 1.68 bits per heavy atom. The van der Waals surface area contributed by atoms with Crippen molar-refractivity contribution in [3.63, 3.8) is 0 Å². The number of amides is 1. The van der Waals surface area contributed by atoms with E-state index in [1.807, 2.05) is 5.32 Å². The first kappa shape index (κ1) is 20.1. The number of carboxylic acids is 1. The van der Waals surface area contributed by atoms with Crippen molar-refractivity contribution < 1.29 is 55.5 Å². The molecule has 0 aliphatic rings. The van der Waals surface area contributed by atoms with E-state index in [4.69, 9.17) is 10.4 Å². The zero-order valence-corrected chi connectivity index (χ0v) is 12.6. The SMILES string of the molecule is CC(C)C(=O)CCC(=O)NC(C(=O)O)C(=O)OO.[Pt]. The molecule has 9 heteroatoms. The molecule has 0 aromatic rings. The average Bonchev–Trinajstić information content (AvgIpc) is 2.31. The molecule has 8 nitrogen and oxygen atoms in total. The normalized spacial score (nSPS) is 11.2. The molecular weight excluding hydrogens is 441 g/mol. The quantitative estimate of drug-likeness (QED) is 0.269. The van der Waals surface area contributed by atoms with Crippen molar-refractivity contribution in [2.45, 2.75) is 32.7 Å². The second kappa shape index (κ2) is 9.63. The van der Waals surface area contributed by atoms with E-state index in [1.54, 1.807) is 13.8 Å². The zero-order valence-electron chi connectivity index (χ0n) is 10.3. The van der Waals surface area contributed by atoms with Gasteiger partial charge in [-0.3, -0.25) is 14.5 Å². The summed E-state index contributed by atoms with van der Waals surface area (Å²) in [5.74, 6) is -4.34. The molecule has 0 spiro atoms. The summed E-state index contributed by atoms with van der Waals surface area (Å²) < 4.78 is 0. The van der Waals surface area contributed by atoms with Crippen molar-refractivity contribution in [2.75, 3.05) is 0 Å². The fourth-order valence-corrected chi connectivity index (χ4v) is 1.03. The fraction of sp³-hybridized carbons (Fsp3) is 0.600. The summed E-state index contributed by atoms with van der Waals surface area (Å²) in [4.78, 5) is 47.1. The van der Waals surface area contributed by atoms with E-state index in [1.165, 1.54) is 0 Å². The smallest absolute Gasteiger partial charge is 0.375 e. The first-order valence-corrected chi connectivity index (χ1v) is 5.19. The van der Waals surface area contributed by atoms with Crippen LogP contribution in [0.4, 0.5) is 0 Å². The molecule has 1 atom stereocenters. The van der Waals surface area contributed by atoms with Gasteiger partial charge in [0.2, 0.25) is 11.9 Å². The Kier molecular flexibility index (Phi) is 10.2. The molecule has 0 heterocycles. The van der Waals surface area contributed by atoms with Crippen molar-refractivity contribution in [1.29, 1.82) is 0 Å². The standard InChI is InChI=1S/C10H15NO7.Pt/c1-5(2)6(12)3-4-7(13)11-8(9(14)15)10(16)18-17;/h5,8,17H,3-4H2,1-2H3,(H,11,13)(H,14,15);. The number of carbonyl (C=O) groups excluding carboxylic acids is 3. The van der Waals surface area contributed by atoms with E-state index in [-0.39, 0.29) is 45.6 Å². The fourth-order valence-electron chi connectivity index (χ4n) is 1.03. The molecule has 0 fully saturated rings. The number of hydrogen-bond acceptors (Lipinski definition) is 6. The minimum Gasteiger partial charge on any atom is -0.479 e. The zero-order chi connectivity index (χ0) is 14.3. The van der Waals surface area contributed by atoms with Gasteiger partial charge < -0.3 is 10.4 Å². The Labute approximate surface area is 123 Å². The van der Waals surface area contributed by atoms with Crippen LogP contribution in [0.25, 0.3) is 0 Å². The van der Waals surface area contributed by atoms with Gasteiger partial charge in [-0.25, -0.2) is 9.59 Å². The van der Waals surface area contributed by atoms with Crippen molar-refractivity contribution in [2.24, 2.45) is 5.92 Å². The molecule has 0 saturated carbocycles. The number of carbonyl (C=O) groups is 4. The number of nitrogens with one attached hydrogen (secondary N) is 1. The molecule has 0 bridgehead atoms.